The van der Waals surface area contributed by atoms with Gasteiger partial charge in [-0.05, 0) is 24.3 Å². The van der Waals surface area contributed by atoms with E-state index < -0.39 is 12.2 Å². The smallest absolute Gasteiger partial charge is 0.0873 e. The molecule has 2 heteroatoms. The van der Waals surface area contributed by atoms with Gasteiger partial charge in [-0.1, -0.05) is 57.0 Å². The third-order valence-corrected chi connectivity index (χ3v) is 4.66. The lowest BCUT2D eigenvalue weighted by Crippen LogP contribution is -2.47. The van der Waals surface area contributed by atoms with Crippen molar-refractivity contribution in [2.24, 2.45) is 11.3 Å². The van der Waals surface area contributed by atoms with Gasteiger partial charge in [0.25, 0.3) is 0 Å². The van der Waals surface area contributed by atoms with Crippen LogP contribution < -0.4 is 0 Å². The van der Waals surface area contributed by atoms with Crippen molar-refractivity contribution in [3.63, 3.8) is 0 Å². The predicted molar refractivity (Wildman–Crippen MR) is 73.1 cm³/mol. The quantitative estimate of drug-likeness (QED) is 0.861. The van der Waals surface area contributed by atoms with E-state index in [0.717, 1.165) is 31.2 Å². The minimum Gasteiger partial charge on any atom is -0.392 e. The van der Waals surface area contributed by atoms with E-state index in [1.807, 2.05) is 30.3 Å². The molecule has 1 aromatic rings. The molecule has 100 valence electrons. The van der Waals surface area contributed by atoms with Gasteiger partial charge in [0, 0.05) is 5.41 Å². The molecule has 0 amide bonds. The minimum atomic E-state index is -0.575. The molecule has 1 saturated carbocycles. The Bertz CT molecular complexity index is 374. The molecule has 1 aliphatic rings. The van der Waals surface area contributed by atoms with Crippen LogP contribution in [0, 0.1) is 11.3 Å². The molecule has 0 radical (unpaired) electrons. The summed E-state index contributed by atoms with van der Waals surface area (Å²) in [6, 6.07) is 9.76. The molecule has 0 bridgehead atoms. The maximum absolute atomic E-state index is 10.8. The summed E-state index contributed by atoms with van der Waals surface area (Å²) in [5.74, 6) is 0.267. The second-order valence-electron chi connectivity index (χ2n) is 5.84. The summed E-state index contributed by atoms with van der Waals surface area (Å²) in [6.45, 7) is 4.22. The molecule has 1 fully saturated rings. The number of rotatable bonds is 3. The largest absolute Gasteiger partial charge is 0.392 e. The van der Waals surface area contributed by atoms with Crippen LogP contribution in [0.3, 0.4) is 0 Å². The summed E-state index contributed by atoms with van der Waals surface area (Å²) < 4.78 is 0. The molecular formula is C16H24O2. The summed E-state index contributed by atoms with van der Waals surface area (Å²) in [5.41, 5.74) is 0.534. The van der Waals surface area contributed by atoms with Gasteiger partial charge in [0.1, 0.15) is 0 Å². The van der Waals surface area contributed by atoms with E-state index >= 15 is 0 Å². The highest BCUT2D eigenvalue weighted by Gasteiger charge is 2.48. The first-order valence-electron chi connectivity index (χ1n) is 7.00. The van der Waals surface area contributed by atoms with Crippen LogP contribution in [-0.4, -0.2) is 16.3 Å². The van der Waals surface area contributed by atoms with Crippen molar-refractivity contribution >= 4 is 0 Å². The van der Waals surface area contributed by atoms with Gasteiger partial charge in [0.2, 0.25) is 0 Å². The van der Waals surface area contributed by atoms with Crippen molar-refractivity contribution < 1.29 is 10.2 Å². The number of hydrogen-bond donors (Lipinski definition) is 2. The number of hydrogen-bond acceptors (Lipinski definition) is 2. The zero-order chi connectivity index (χ0) is 13.2. The highest BCUT2D eigenvalue weighted by Crippen LogP contribution is 2.51. The van der Waals surface area contributed by atoms with Crippen molar-refractivity contribution in [1.29, 1.82) is 0 Å². The summed E-state index contributed by atoms with van der Waals surface area (Å²) in [6.07, 6.45) is 2.90. The fourth-order valence-electron chi connectivity index (χ4n) is 3.46. The second-order valence-corrected chi connectivity index (χ2v) is 5.84. The van der Waals surface area contributed by atoms with Crippen LogP contribution in [-0.2, 0) is 0 Å². The first-order chi connectivity index (χ1) is 8.59. The Morgan fingerprint density at radius 2 is 1.83 bits per heavy atom. The van der Waals surface area contributed by atoms with E-state index in [2.05, 4.69) is 13.8 Å². The molecule has 2 rings (SSSR count). The molecule has 1 aromatic carbocycles. The second kappa shape index (κ2) is 5.41. The van der Waals surface area contributed by atoms with E-state index in [0.29, 0.717) is 0 Å². The molecule has 0 heterocycles. The minimum absolute atomic E-state index is 0.267. The van der Waals surface area contributed by atoms with Crippen LogP contribution in [0.1, 0.15) is 51.2 Å². The summed E-state index contributed by atoms with van der Waals surface area (Å²) in [7, 11) is 0. The van der Waals surface area contributed by atoms with Gasteiger partial charge in [-0.15, -0.1) is 0 Å². The zero-order valence-electron chi connectivity index (χ0n) is 11.3. The highest BCUT2D eigenvalue weighted by atomic mass is 16.3. The lowest BCUT2D eigenvalue weighted by Gasteiger charge is -2.48. The first-order valence-corrected chi connectivity index (χ1v) is 7.00. The van der Waals surface area contributed by atoms with Gasteiger partial charge in [-0.25, -0.2) is 0 Å². The van der Waals surface area contributed by atoms with Crippen molar-refractivity contribution in [3.05, 3.63) is 35.9 Å². The molecule has 18 heavy (non-hydrogen) atoms. The topological polar surface area (TPSA) is 40.5 Å². The fraction of sp³-hybridized carbons (Fsp3) is 0.625. The van der Waals surface area contributed by atoms with E-state index in [9.17, 15) is 10.2 Å². The van der Waals surface area contributed by atoms with Crippen LogP contribution in [0.25, 0.3) is 0 Å². The van der Waals surface area contributed by atoms with Crippen molar-refractivity contribution in [3.8, 4) is 0 Å². The summed E-state index contributed by atoms with van der Waals surface area (Å²) in [5, 5.41) is 21.2. The maximum atomic E-state index is 10.8. The number of aliphatic hydroxyl groups is 2. The molecule has 1 unspecified atom stereocenters. The third kappa shape index (κ3) is 2.19. The highest BCUT2D eigenvalue weighted by molar-refractivity contribution is 5.21. The van der Waals surface area contributed by atoms with Crippen LogP contribution in [0.15, 0.2) is 30.3 Å². The average Bonchev–Trinajstić information content (AvgIpc) is 2.39. The van der Waals surface area contributed by atoms with Gasteiger partial charge < -0.3 is 10.2 Å². The van der Waals surface area contributed by atoms with Crippen molar-refractivity contribution in [2.75, 3.05) is 0 Å². The third-order valence-electron chi connectivity index (χ3n) is 4.66. The first kappa shape index (κ1) is 13.6. The van der Waals surface area contributed by atoms with Gasteiger partial charge >= 0.3 is 0 Å². The van der Waals surface area contributed by atoms with Crippen molar-refractivity contribution in [2.45, 2.75) is 51.7 Å². The Morgan fingerprint density at radius 3 is 2.39 bits per heavy atom. The SMILES string of the molecule is CC(C)[C@]1(C(O)c2ccccc2)CCCC[C@H]1O. The summed E-state index contributed by atoms with van der Waals surface area (Å²) >= 11 is 0. The predicted octanol–water partition coefficient (Wildman–Crippen LogP) is 3.30. The Balaban J connectivity index is 2.35. The van der Waals surface area contributed by atoms with E-state index in [1.165, 1.54) is 0 Å². The molecule has 0 saturated heterocycles. The number of benzene rings is 1. The molecule has 0 spiro atoms. The van der Waals surface area contributed by atoms with Crippen LogP contribution >= 0.6 is 0 Å². The zero-order valence-corrected chi connectivity index (χ0v) is 11.3. The Morgan fingerprint density at radius 1 is 1.17 bits per heavy atom. The van der Waals surface area contributed by atoms with Gasteiger partial charge in [0.15, 0.2) is 0 Å². The maximum Gasteiger partial charge on any atom is 0.0873 e. The molecule has 2 N–H and O–H groups in total. The standard InChI is InChI=1S/C16H24O2/c1-12(2)16(11-7-6-10-14(16)17)15(18)13-8-4-3-5-9-13/h3-5,8-9,12,14-15,17-18H,6-7,10-11H2,1-2H3/t14-,15?,16-/m1/s1. The molecule has 3 atom stereocenters. The fourth-order valence-corrected chi connectivity index (χ4v) is 3.46. The van der Waals surface area contributed by atoms with Crippen LogP contribution in [0.2, 0.25) is 0 Å². The number of aliphatic hydroxyl groups excluding tert-OH is 2. The van der Waals surface area contributed by atoms with Crippen LogP contribution in [0.4, 0.5) is 0 Å². The Hall–Kier alpha value is -0.860. The van der Waals surface area contributed by atoms with Gasteiger partial charge in [0.05, 0.1) is 12.2 Å². The monoisotopic (exact) mass is 248 g/mol. The lowest BCUT2D eigenvalue weighted by molar-refractivity contribution is -0.124. The van der Waals surface area contributed by atoms with Crippen LogP contribution in [0.5, 0.6) is 0 Å². The molecule has 0 aromatic heterocycles. The average molecular weight is 248 g/mol. The van der Waals surface area contributed by atoms with E-state index in [-0.39, 0.29) is 11.3 Å². The van der Waals surface area contributed by atoms with E-state index in [4.69, 9.17) is 0 Å². The van der Waals surface area contributed by atoms with Gasteiger partial charge in [-0.3, -0.25) is 0 Å². The van der Waals surface area contributed by atoms with Crippen molar-refractivity contribution in [1.82, 2.24) is 0 Å². The van der Waals surface area contributed by atoms with Gasteiger partial charge in [-0.2, -0.15) is 0 Å². The van der Waals surface area contributed by atoms with E-state index in [1.54, 1.807) is 0 Å². The Kier molecular flexibility index (Phi) is 4.08. The Labute approximate surface area is 110 Å². The summed E-state index contributed by atoms with van der Waals surface area (Å²) in [4.78, 5) is 0. The molecule has 1 aliphatic carbocycles. The lowest BCUT2D eigenvalue weighted by atomic mass is 9.60. The normalized spacial score (nSPS) is 30.4. The molecule has 2 nitrogen and oxygen atoms in total. The molecule has 0 aliphatic heterocycles. The molecular weight excluding hydrogens is 224 g/mol.